The van der Waals surface area contributed by atoms with Crippen molar-refractivity contribution in [1.82, 2.24) is 19.5 Å². The number of nitrogens with one attached hydrogen (secondary N) is 2. The summed E-state index contributed by atoms with van der Waals surface area (Å²) in [6.07, 6.45) is 2.14. The minimum Gasteiger partial charge on any atom is -0.495 e. The Balaban J connectivity index is 1.94. The van der Waals surface area contributed by atoms with Gasteiger partial charge >= 0.3 is 18.0 Å². The number of carbonyl (C=O) groups excluding carboxylic acids is 4. The lowest BCUT2D eigenvalue weighted by Crippen LogP contribution is -2.44. The van der Waals surface area contributed by atoms with Crippen molar-refractivity contribution < 1.29 is 38.1 Å². The monoisotopic (exact) mass is 804 g/mol. The molecule has 2 aromatic heterocycles. The van der Waals surface area contributed by atoms with Crippen molar-refractivity contribution in [2.75, 3.05) is 38.7 Å². The fourth-order valence-corrected chi connectivity index (χ4v) is 8.13. The third-order valence-electron chi connectivity index (χ3n) is 11.7. The zero-order valence-electron chi connectivity index (χ0n) is 36.8. The number of nitrogens with zero attached hydrogens (tertiary/aromatic N) is 4. The van der Waals surface area contributed by atoms with Crippen molar-refractivity contribution >= 4 is 41.0 Å². The Hall–Kier alpha value is -5.06. The van der Waals surface area contributed by atoms with E-state index in [1.54, 1.807) is 32.0 Å². The summed E-state index contributed by atoms with van der Waals surface area (Å²) in [5.41, 5.74) is 1.57. The fraction of sp³-hybridized carbons (Fsp3) is 0.636. The Morgan fingerprint density at radius 2 is 1.52 bits per heavy atom. The minimum atomic E-state index is -1.05. The van der Waals surface area contributed by atoms with Crippen LogP contribution in [-0.2, 0) is 30.3 Å². The number of carbonyl (C=O) groups is 4. The molecule has 14 heteroatoms. The summed E-state index contributed by atoms with van der Waals surface area (Å²) in [5, 5.41) is 7.88. The molecule has 2 atom stereocenters. The summed E-state index contributed by atoms with van der Waals surface area (Å²) in [7, 11) is 1.53. The van der Waals surface area contributed by atoms with Crippen LogP contribution in [0.3, 0.4) is 0 Å². The number of ether oxygens (including phenoxy) is 4. The van der Waals surface area contributed by atoms with E-state index >= 15 is 0 Å². The second kappa shape index (κ2) is 18.2. The predicted octanol–water partition coefficient (Wildman–Crippen LogP) is 9.10. The van der Waals surface area contributed by atoms with E-state index in [0.29, 0.717) is 64.6 Å². The zero-order chi connectivity index (χ0) is 43.3. The number of fused-ring (bicyclic) bond motifs is 1. The maximum absolute atomic E-state index is 14.0. The highest BCUT2D eigenvalue weighted by atomic mass is 16.6. The summed E-state index contributed by atoms with van der Waals surface area (Å²) < 4.78 is 23.2. The highest BCUT2D eigenvalue weighted by Crippen LogP contribution is 2.54. The average Bonchev–Trinajstić information content (AvgIpc) is 3.68. The normalized spacial score (nSPS) is 18.6. The second-order valence-corrected chi connectivity index (χ2v) is 18.3. The number of aromatic nitrogens is 3. The van der Waals surface area contributed by atoms with Crippen molar-refractivity contribution in [3.8, 4) is 23.0 Å². The third kappa shape index (κ3) is 10.3. The molecule has 1 saturated carbocycles. The Labute approximate surface area is 343 Å². The van der Waals surface area contributed by atoms with Crippen molar-refractivity contribution in [1.29, 1.82) is 0 Å². The molecule has 2 N–H and O–H groups in total. The molecule has 2 amide bonds. The molecule has 0 saturated heterocycles. The van der Waals surface area contributed by atoms with Crippen molar-refractivity contribution in [2.24, 2.45) is 39.9 Å². The predicted molar refractivity (Wildman–Crippen MR) is 223 cm³/mol. The first-order valence-electron chi connectivity index (χ1n) is 20.4. The van der Waals surface area contributed by atoms with Gasteiger partial charge in [-0.1, -0.05) is 69.2 Å². The van der Waals surface area contributed by atoms with Crippen molar-refractivity contribution in [3.05, 3.63) is 35.2 Å². The third-order valence-corrected chi connectivity index (χ3v) is 11.7. The van der Waals surface area contributed by atoms with E-state index in [1.807, 2.05) is 20.8 Å². The Morgan fingerprint density at radius 1 is 0.948 bits per heavy atom. The molecule has 1 aliphatic rings. The van der Waals surface area contributed by atoms with Gasteiger partial charge in [0.25, 0.3) is 5.69 Å². The van der Waals surface area contributed by atoms with Crippen LogP contribution in [0, 0.1) is 46.5 Å². The quantitative estimate of drug-likeness (QED) is 0.120. The van der Waals surface area contributed by atoms with E-state index in [9.17, 15) is 19.2 Å². The van der Waals surface area contributed by atoms with Gasteiger partial charge in [0.2, 0.25) is 11.8 Å². The van der Waals surface area contributed by atoms with Crippen LogP contribution in [-0.4, -0.2) is 76.9 Å². The highest BCUT2D eigenvalue weighted by molar-refractivity contribution is 5.96. The van der Waals surface area contributed by atoms with Crippen molar-refractivity contribution in [2.45, 2.75) is 109 Å². The topological polar surface area (TPSA) is 158 Å². The summed E-state index contributed by atoms with van der Waals surface area (Å²) in [4.78, 5) is 60.8. The van der Waals surface area contributed by atoms with E-state index in [0.717, 1.165) is 17.7 Å². The van der Waals surface area contributed by atoms with Crippen LogP contribution in [0.4, 0.5) is 16.2 Å². The largest absolute Gasteiger partial charge is 0.495 e. The lowest BCUT2D eigenvalue weighted by atomic mass is 9.54. The molecule has 318 valence electrons. The Morgan fingerprint density at radius 3 is 2.00 bits per heavy atom. The van der Waals surface area contributed by atoms with Gasteiger partial charge in [0.05, 0.1) is 32.6 Å². The summed E-state index contributed by atoms with van der Waals surface area (Å²) in [6, 6.07) is 5.30. The number of hydrogen-bond acceptors (Lipinski definition) is 9. The van der Waals surface area contributed by atoms with Gasteiger partial charge in [0, 0.05) is 16.5 Å². The summed E-state index contributed by atoms with van der Waals surface area (Å²) >= 11 is 0. The number of rotatable bonds is 14. The number of H-pyrrole nitrogens is 1. The molecule has 58 heavy (non-hydrogen) atoms. The second-order valence-electron chi connectivity index (χ2n) is 18.3. The number of methoxy groups -OCH3 is 1. The molecular formula is C44H64N6O8. The number of aromatic amines is 1. The molecule has 0 bridgehead atoms. The maximum atomic E-state index is 14.0. The molecule has 0 radical (unpaired) electrons. The van der Waals surface area contributed by atoms with E-state index in [4.69, 9.17) is 30.6 Å². The Bertz CT molecular complexity index is 1970. The first kappa shape index (κ1) is 45.6. The molecule has 0 spiro atoms. The zero-order valence-corrected chi connectivity index (χ0v) is 36.8. The molecule has 2 unspecified atom stereocenters. The van der Waals surface area contributed by atoms with Gasteiger partial charge in [0.15, 0.2) is 5.82 Å². The van der Waals surface area contributed by atoms with Crippen LogP contribution in [0.15, 0.2) is 18.2 Å². The number of amides is 2. The van der Waals surface area contributed by atoms with Crippen LogP contribution >= 0.6 is 0 Å². The lowest BCUT2D eigenvalue weighted by Gasteiger charge is -2.51. The molecule has 4 rings (SSSR count). The van der Waals surface area contributed by atoms with Crippen LogP contribution < -0.4 is 14.8 Å². The maximum Gasteiger partial charge on any atom is 0.416 e. The number of hydrogen-bond donors (Lipinski definition) is 2. The van der Waals surface area contributed by atoms with E-state index < -0.39 is 36.5 Å². The molecule has 2 heterocycles. The number of esters is 2. The Kier molecular flexibility index (Phi) is 14.4. The van der Waals surface area contributed by atoms with Gasteiger partial charge in [-0.3, -0.25) is 19.3 Å². The van der Waals surface area contributed by atoms with Gasteiger partial charge in [-0.25, -0.2) is 9.64 Å². The standard InChI is InChI=1S/C44H64N6O8/c1-15-44(11,12)40(53)46-32-22-27(18-19-33(32)55-14)37-47-38-29(23-28-30(42(5,6)7)20-26(4)21-31(28)43(8,9)10)36(45-13)39(50(38)48-37)58-41(54)49(24-34(51)56-16-2)25-35(52)57-17-3/h18-19,22,26,28,30-31H,15-17,20-21,23-25H2,1-12,14H3,(H,46,53)(H,47,48). The van der Waals surface area contributed by atoms with Gasteiger partial charge in [-0.15, -0.1) is 5.10 Å². The van der Waals surface area contributed by atoms with Crippen LogP contribution in [0.1, 0.15) is 108 Å². The fourth-order valence-electron chi connectivity index (χ4n) is 8.13. The lowest BCUT2D eigenvalue weighted by molar-refractivity contribution is -0.147. The first-order valence-corrected chi connectivity index (χ1v) is 20.4. The first-order chi connectivity index (χ1) is 27.1. The number of anilines is 1. The molecule has 14 nitrogen and oxygen atoms in total. The van der Waals surface area contributed by atoms with Gasteiger partial charge in [-0.2, -0.15) is 4.52 Å². The summed E-state index contributed by atoms with van der Waals surface area (Å²) in [6.45, 7) is 32.4. The SMILES string of the molecule is [C-]#[N+]c1c(CC2C(C(C)(C)C)CC(C)CC2C(C)(C)C)c2[nH]c(-c3ccc(OC)c(NC(=O)C(C)(C)CC)c3)nn2c1OC(=O)N(CC(=O)OCC)CC(=O)OCC. The molecule has 1 aliphatic carbocycles. The van der Waals surface area contributed by atoms with Gasteiger partial charge in [-0.05, 0) is 92.2 Å². The molecule has 1 aromatic carbocycles. The average molecular weight is 805 g/mol. The summed E-state index contributed by atoms with van der Waals surface area (Å²) in [5.74, 6) is 0.340. The highest BCUT2D eigenvalue weighted by Gasteiger charge is 2.46. The van der Waals surface area contributed by atoms with Gasteiger partial charge in [0.1, 0.15) is 24.5 Å². The van der Waals surface area contributed by atoms with Crippen LogP contribution in [0.25, 0.3) is 21.9 Å². The van der Waals surface area contributed by atoms with Crippen LogP contribution in [0.5, 0.6) is 11.6 Å². The van der Waals surface area contributed by atoms with Crippen molar-refractivity contribution in [3.63, 3.8) is 0 Å². The molecule has 3 aromatic rings. The van der Waals surface area contributed by atoms with E-state index in [-0.39, 0.29) is 47.4 Å². The molecule has 0 aliphatic heterocycles. The number of benzene rings is 1. The van der Waals surface area contributed by atoms with Crippen LogP contribution in [0.2, 0.25) is 0 Å². The smallest absolute Gasteiger partial charge is 0.416 e. The molecular weight excluding hydrogens is 741 g/mol. The minimum absolute atomic E-state index is 0.0363. The van der Waals surface area contributed by atoms with Gasteiger partial charge < -0.3 is 29.2 Å². The van der Waals surface area contributed by atoms with E-state index in [1.165, 1.54) is 11.6 Å². The molecule has 1 fully saturated rings. The van der Waals surface area contributed by atoms with E-state index in [2.05, 4.69) is 63.6 Å².